The molecule has 10 nitrogen and oxygen atoms in total. The van der Waals surface area contributed by atoms with Gasteiger partial charge in [0.1, 0.15) is 12.1 Å². The predicted molar refractivity (Wildman–Crippen MR) is 136 cm³/mol. The number of benzene rings is 1. The fourth-order valence-electron chi connectivity index (χ4n) is 3.39. The zero-order valence-electron chi connectivity index (χ0n) is 20.8. The van der Waals surface area contributed by atoms with E-state index in [1.165, 1.54) is 29.2 Å². The first-order chi connectivity index (χ1) is 16.9. The van der Waals surface area contributed by atoms with E-state index in [1.807, 2.05) is 13.8 Å². The molecule has 11 heteroatoms. The summed E-state index contributed by atoms with van der Waals surface area (Å²) in [6, 6.07) is 5.78. The second-order valence-electron chi connectivity index (χ2n) is 8.57. The molecular formula is C25H33FN6O4. The Hall–Kier alpha value is -3.83. The average Bonchev–Trinajstić information content (AvgIpc) is 3.22. The molecule has 2 atom stereocenters. The van der Waals surface area contributed by atoms with Crippen LogP contribution < -0.4 is 10.6 Å². The third-order valence-corrected chi connectivity index (χ3v) is 5.32. The molecule has 1 heterocycles. The number of aliphatic carboxylic acids is 1. The number of aryl methyl sites for hydroxylation is 1. The van der Waals surface area contributed by atoms with Crippen LogP contribution in [-0.2, 0) is 11.8 Å². The number of anilines is 1. The summed E-state index contributed by atoms with van der Waals surface area (Å²) >= 11 is 0. The third-order valence-electron chi connectivity index (χ3n) is 5.32. The lowest BCUT2D eigenvalue weighted by atomic mass is 9.93. The molecule has 36 heavy (non-hydrogen) atoms. The van der Waals surface area contributed by atoms with E-state index >= 15 is 0 Å². The summed E-state index contributed by atoms with van der Waals surface area (Å²) in [5.41, 5.74) is 8.49. The Balaban J connectivity index is 2.53. The summed E-state index contributed by atoms with van der Waals surface area (Å²) in [5, 5.41) is 33.1. The maximum absolute atomic E-state index is 13.5. The fraction of sp³-hybridized carbons (Fsp3) is 0.360. The van der Waals surface area contributed by atoms with Crippen molar-refractivity contribution in [3.8, 4) is 0 Å². The molecule has 0 radical (unpaired) electrons. The molecule has 194 valence electrons. The summed E-state index contributed by atoms with van der Waals surface area (Å²) in [5.74, 6) is -1.11. The molecule has 0 saturated heterocycles. The first-order valence-electron chi connectivity index (χ1n) is 11.3. The van der Waals surface area contributed by atoms with Crippen molar-refractivity contribution in [3.63, 3.8) is 0 Å². The number of guanidine groups is 1. The first kappa shape index (κ1) is 28.4. The molecule has 0 aliphatic rings. The Kier molecular flexibility index (Phi) is 10.1. The number of carboxylic acids is 1. The van der Waals surface area contributed by atoms with Crippen LogP contribution in [0.2, 0.25) is 0 Å². The summed E-state index contributed by atoms with van der Waals surface area (Å²) in [6.07, 6.45) is 1.41. The van der Waals surface area contributed by atoms with Crippen molar-refractivity contribution in [1.29, 1.82) is 0 Å². The van der Waals surface area contributed by atoms with Gasteiger partial charge in [-0.15, -0.1) is 0 Å². The van der Waals surface area contributed by atoms with E-state index in [1.54, 1.807) is 37.2 Å². The number of nitrogens with zero attached hydrogens (tertiary/aromatic N) is 5. The molecule has 1 aromatic heterocycles. The molecule has 0 saturated carbocycles. The van der Waals surface area contributed by atoms with Gasteiger partial charge in [0.25, 0.3) is 0 Å². The minimum Gasteiger partial charge on any atom is -0.481 e. The number of carbonyl (C=O) groups is 1. The van der Waals surface area contributed by atoms with Gasteiger partial charge in [-0.3, -0.25) is 9.69 Å². The highest BCUT2D eigenvalue weighted by Crippen LogP contribution is 2.30. The van der Waals surface area contributed by atoms with Crippen molar-refractivity contribution >= 4 is 23.5 Å². The summed E-state index contributed by atoms with van der Waals surface area (Å²) in [6.45, 7) is 7.98. The van der Waals surface area contributed by atoms with Gasteiger partial charge in [-0.2, -0.15) is 10.1 Å². The van der Waals surface area contributed by atoms with Crippen LogP contribution in [0.1, 0.15) is 32.3 Å². The predicted octanol–water partition coefficient (Wildman–Crippen LogP) is 2.47. The Morgan fingerprint density at radius 2 is 1.94 bits per heavy atom. The Morgan fingerprint density at radius 3 is 2.47 bits per heavy atom. The van der Waals surface area contributed by atoms with E-state index in [9.17, 15) is 19.4 Å². The number of carboxylic acid groups (broad SMARTS) is 1. The average molecular weight is 501 g/mol. The van der Waals surface area contributed by atoms with E-state index in [0.29, 0.717) is 28.4 Å². The van der Waals surface area contributed by atoms with Gasteiger partial charge in [0, 0.05) is 26.1 Å². The van der Waals surface area contributed by atoms with Crippen molar-refractivity contribution in [3.05, 3.63) is 72.0 Å². The molecule has 0 spiro atoms. The smallest absolute Gasteiger partial charge is 0.305 e. The number of allylic oxidation sites excluding steroid dienone is 4. The van der Waals surface area contributed by atoms with Crippen LogP contribution in [0.15, 0.2) is 65.6 Å². The van der Waals surface area contributed by atoms with Gasteiger partial charge in [0.2, 0.25) is 11.9 Å². The van der Waals surface area contributed by atoms with E-state index in [-0.39, 0.29) is 18.3 Å². The van der Waals surface area contributed by atoms with Gasteiger partial charge in [0.05, 0.1) is 24.3 Å². The van der Waals surface area contributed by atoms with E-state index < -0.39 is 30.4 Å². The number of hydrogen-bond acceptors (Lipinski definition) is 6. The maximum atomic E-state index is 13.5. The number of aliphatic hydroxyl groups excluding tert-OH is 2. The lowest BCUT2D eigenvalue weighted by Crippen LogP contribution is -2.36. The van der Waals surface area contributed by atoms with Crippen molar-refractivity contribution in [2.75, 3.05) is 11.9 Å². The van der Waals surface area contributed by atoms with Crippen LogP contribution in [-0.4, -0.2) is 61.3 Å². The largest absolute Gasteiger partial charge is 0.481 e. The normalized spacial score (nSPS) is 14.6. The first-order valence-corrected chi connectivity index (χ1v) is 11.3. The molecule has 0 aliphatic heterocycles. The summed E-state index contributed by atoms with van der Waals surface area (Å²) in [4.78, 5) is 21.2. The van der Waals surface area contributed by atoms with Crippen molar-refractivity contribution < 1.29 is 24.5 Å². The molecule has 2 aromatic rings. The zero-order chi connectivity index (χ0) is 27.0. The number of aliphatic imine (C=N–C) groups is 1. The van der Waals surface area contributed by atoms with Crippen molar-refractivity contribution in [2.45, 2.75) is 38.9 Å². The molecule has 0 unspecified atom stereocenters. The van der Waals surface area contributed by atoms with Gasteiger partial charge >= 0.3 is 5.97 Å². The highest BCUT2D eigenvalue weighted by Gasteiger charge is 2.18. The quantitative estimate of drug-likeness (QED) is 0.209. The van der Waals surface area contributed by atoms with Crippen molar-refractivity contribution in [2.24, 2.45) is 23.7 Å². The van der Waals surface area contributed by atoms with Crippen LogP contribution in [0.4, 0.5) is 10.3 Å². The third kappa shape index (κ3) is 7.85. The van der Waals surface area contributed by atoms with Crippen molar-refractivity contribution in [1.82, 2.24) is 14.8 Å². The van der Waals surface area contributed by atoms with Crippen LogP contribution in [0.3, 0.4) is 0 Å². The summed E-state index contributed by atoms with van der Waals surface area (Å²) in [7, 11) is 3.41. The lowest BCUT2D eigenvalue weighted by molar-refractivity contribution is -0.139. The number of rotatable bonds is 11. The van der Waals surface area contributed by atoms with Gasteiger partial charge < -0.3 is 21.1 Å². The Bertz CT molecular complexity index is 1150. The van der Waals surface area contributed by atoms with Crippen LogP contribution >= 0.6 is 0 Å². The van der Waals surface area contributed by atoms with E-state index in [4.69, 9.17) is 10.8 Å². The second-order valence-corrected chi connectivity index (χ2v) is 8.57. The van der Waals surface area contributed by atoms with Crippen LogP contribution in [0.25, 0.3) is 5.57 Å². The molecule has 0 amide bonds. The highest BCUT2D eigenvalue weighted by atomic mass is 19.1. The van der Waals surface area contributed by atoms with Gasteiger partial charge in [-0.05, 0) is 29.2 Å². The second kappa shape index (κ2) is 12.8. The number of halogens is 1. The summed E-state index contributed by atoms with van der Waals surface area (Å²) < 4.78 is 15.1. The monoisotopic (exact) mass is 500 g/mol. The lowest BCUT2D eigenvalue weighted by Gasteiger charge is -2.20. The molecule has 0 aliphatic carbocycles. The number of hydrogen-bond donors (Lipinski definition) is 4. The molecule has 0 fully saturated rings. The molecule has 0 bridgehead atoms. The van der Waals surface area contributed by atoms with Crippen LogP contribution in [0.5, 0.6) is 0 Å². The van der Waals surface area contributed by atoms with Gasteiger partial charge in [0.15, 0.2) is 0 Å². The van der Waals surface area contributed by atoms with E-state index in [2.05, 4.69) is 21.7 Å². The maximum Gasteiger partial charge on any atom is 0.305 e. The standard InChI is InChI=1S/C25H33FN6O4/c1-15(2)23(30-24(27)31(4)25-28-14-29-32(25)5)21(16(3)17-6-8-18(26)9-7-17)11-10-19(33)12-20(34)13-22(35)36/h6-11,14-15,19-20,33-34H,3,12-13H2,1-2,4-5H3,(H2,27,30)(H,35,36)/b11-10+,23-21-/t19-,20-/m1/s1. The van der Waals surface area contributed by atoms with E-state index in [0.717, 1.165) is 0 Å². The zero-order valence-corrected chi connectivity index (χ0v) is 20.8. The minimum absolute atomic E-state index is 0.130. The highest BCUT2D eigenvalue weighted by molar-refractivity contribution is 5.94. The SMILES string of the molecule is C=C(C(/C=C/[C@@H](O)C[C@@H](O)CC(=O)O)=C(\N=C(N)N(C)c1ncnn1C)C(C)C)c1ccc(F)cc1. The minimum atomic E-state index is -1.21. The topological polar surface area (TPSA) is 150 Å². The number of aromatic nitrogens is 3. The number of nitrogens with two attached hydrogens (primary N) is 1. The molecule has 1 aromatic carbocycles. The molecular weight excluding hydrogens is 467 g/mol. The fourth-order valence-corrected chi connectivity index (χ4v) is 3.39. The van der Waals surface area contributed by atoms with Gasteiger partial charge in [-0.25, -0.2) is 14.1 Å². The Labute approximate surface area is 209 Å². The van der Waals surface area contributed by atoms with Gasteiger partial charge in [-0.1, -0.05) is 44.7 Å². The molecule has 5 N–H and O–H groups in total. The Morgan fingerprint density at radius 1 is 1.31 bits per heavy atom. The number of aliphatic hydroxyl groups is 2. The molecule has 2 rings (SSSR count). The van der Waals surface area contributed by atoms with Crippen LogP contribution in [0, 0.1) is 11.7 Å².